The number of alkyl halides is 1. The summed E-state index contributed by atoms with van der Waals surface area (Å²) >= 11 is 0. The van der Waals surface area contributed by atoms with Gasteiger partial charge in [-0.25, -0.2) is 24.0 Å². The Morgan fingerprint density at radius 3 is 2.76 bits per heavy atom. The quantitative estimate of drug-likeness (QED) is 0.628. The highest BCUT2D eigenvalue weighted by Gasteiger charge is 2.43. The fraction of sp³-hybridized carbons (Fsp3) is 0.444. The number of hydrogen-bond acceptors (Lipinski definition) is 8. The molecule has 0 saturated heterocycles. The Morgan fingerprint density at radius 1 is 1.28 bits per heavy atom. The zero-order chi connectivity index (χ0) is 20.6. The lowest BCUT2D eigenvalue weighted by Gasteiger charge is -2.08. The molecule has 1 aliphatic carbocycles. The van der Waals surface area contributed by atoms with Crippen LogP contribution in [0.25, 0.3) is 11.2 Å². The molecule has 1 fully saturated rings. The lowest BCUT2D eigenvalue weighted by Crippen LogP contribution is -2.31. The van der Waals surface area contributed by atoms with E-state index in [0.717, 1.165) is 5.56 Å². The van der Waals surface area contributed by atoms with E-state index in [1.54, 1.807) is 0 Å². The topological polar surface area (TPSA) is 117 Å². The Labute approximate surface area is 165 Å². The molecule has 3 heterocycles. The fourth-order valence-corrected chi connectivity index (χ4v) is 2.90. The number of nitrogens with zero attached hydrogens (tertiary/aromatic N) is 6. The average molecular weight is 401 g/mol. The maximum Gasteiger partial charge on any atom is 0.274 e. The van der Waals surface area contributed by atoms with E-state index in [1.807, 2.05) is 6.92 Å². The Morgan fingerprint density at radius 2 is 2.07 bits per heavy atom. The molecule has 0 aliphatic heterocycles. The SMILES string of the molecule is COc1cnc2c(C(=O)NCC3(F)CC3)nn(Cc3ncnc(OC)c3C)c2n1. The summed E-state index contributed by atoms with van der Waals surface area (Å²) in [5, 5.41) is 6.97. The zero-order valence-corrected chi connectivity index (χ0v) is 16.3. The van der Waals surface area contributed by atoms with Crippen LogP contribution in [0.3, 0.4) is 0 Å². The fourth-order valence-electron chi connectivity index (χ4n) is 2.90. The maximum atomic E-state index is 13.9. The minimum absolute atomic E-state index is 0.0496. The van der Waals surface area contributed by atoms with E-state index in [4.69, 9.17) is 9.47 Å². The smallest absolute Gasteiger partial charge is 0.274 e. The van der Waals surface area contributed by atoms with Gasteiger partial charge in [-0.05, 0) is 19.8 Å². The van der Waals surface area contributed by atoms with Crippen molar-refractivity contribution in [3.8, 4) is 11.8 Å². The third kappa shape index (κ3) is 3.67. The van der Waals surface area contributed by atoms with Crippen LogP contribution in [0.4, 0.5) is 4.39 Å². The van der Waals surface area contributed by atoms with Crippen molar-refractivity contribution in [3.63, 3.8) is 0 Å². The number of nitrogens with one attached hydrogen (secondary N) is 1. The minimum atomic E-state index is -1.31. The first-order valence-corrected chi connectivity index (χ1v) is 9.03. The van der Waals surface area contributed by atoms with Crippen LogP contribution >= 0.6 is 0 Å². The first kappa shape index (κ1) is 19.0. The molecule has 4 rings (SSSR count). The first-order valence-electron chi connectivity index (χ1n) is 9.03. The Kier molecular flexibility index (Phi) is 4.73. The molecule has 1 N–H and O–H groups in total. The summed E-state index contributed by atoms with van der Waals surface area (Å²) in [7, 11) is 3.00. The van der Waals surface area contributed by atoms with E-state index in [-0.39, 0.29) is 24.7 Å². The van der Waals surface area contributed by atoms with Crippen LogP contribution in [0.15, 0.2) is 12.5 Å². The van der Waals surface area contributed by atoms with Gasteiger partial charge < -0.3 is 14.8 Å². The molecule has 29 heavy (non-hydrogen) atoms. The Bertz CT molecular complexity index is 1080. The highest BCUT2D eigenvalue weighted by Crippen LogP contribution is 2.38. The molecule has 1 saturated carbocycles. The van der Waals surface area contributed by atoms with Crippen molar-refractivity contribution in [2.24, 2.45) is 0 Å². The van der Waals surface area contributed by atoms with E-state index in [2.05, 4.69) is 30.4 Å². The van der Waals surface area contributed by atoms with Gasteiger partial charge in [-0.15, -0.1) is 0 Å². The van der Waals surface area contributed by atoms with Gasteiger partial charge in [0.15, 0.2) is 11.3 Å². The Hall–Kier alpha value is -3.37. The predicted molar refractivity (Wildman–Crippen MR) is 99.7 cm³/mol. The lowest BCUT2D eigenvalue weighted by molar-refractivity contribution is 0.0933. The summed E-state index contributed by atoms with van der Waals surface area (Å²) in [5.74, 6) is 0.225. The van der Waals surface area contributed by atoms with Crippen molar-refractivity contribution in [3.05, 3.63) is 29.5 Å². The number of aromatic nitrogens is 6. The van der Waals surface area contributed by atoms with Gasteiger partial charge in [-0.3, -0.25) is 4.79 Å². The van der Waals surface area contributed by atoms with Gasteiger partial charge in [-0.1, -0.05) is 0 Å². The molecular weight excluding hydrogens is 381 g/mol. The molecule has 0 radical (unpaired) electrons. The first-order chi connectivity index (χ1) is 13.9. The highest BCUT2D eigenvalue weighted by atomic mass is 19.1. The van der Waals surface area contributed by atoms with Crippen LogP contribution in [0, 0.1) is 6.92 Å². The molecule has 0 aromatic carbocycles. The number of methoxy groups -OCH3 is 2. The third-order valence-electron chi connectivity index (χ3n) is 4.84. The van der Waals surface area contributed by atoms with Gasteiger partial charge in [0.25, 0.3) is 5.91 Å². The average Bonchev–Trinajstić information content (AvgIpc) is 3.37. The number of rotatable bonds is 7. The number of ether oxygens (including phenoxy) is 2. The predicted octanol–water partition coefficient (Wildman–Crippen LogP) is 1.22. The van der Waals surface area contributed by atoms with Crippen molar-refractivity contribution >= 4 is 17.1 Å². The molecule has 0 bridgehead atoms. The van der Waals surface area contributed by atoms with Crippen LogP contribution in [0.1, 0.15) is 34.6 Å². The number of carbonyl (C=O) groups excluding carboxylic acids is 1. The third-order valence-corrected chi connectivity index (χ3v) is 4.84. The van der Waals surface area contributed by atoms with Crippen molar-refractivity contribution in [2.75, 3.05) is 20.8 Å². The monoisotopic (exact) mass is 401 g/mol. The van der Waals surface area contributed by atoms with Crippen molar-refractivity contribution < 1.29 is 18.7 Å². The molecule has 3 aromatic heterocycles. The van der Waals surface area contributed by atoms with E-state index in [0.29, 0.717) is 35.6 Å². The van der Waals surface area contributed by atoms with Crippen LogP contribution < -0.4 is 14.8 Å². The normalized spacial score (nSPS) is 14.6. The summed E-state index contributed by atoms with van der Waals surface area (Å²) in [6.45, 7) is 1.99. The standard InChI is InChI=1S/C18H20FN7O3/c1-10-11(22-9-23-17(10)29-3)7-26-15-13(20-6-12(24-15)28-2)14(25-26)16(27)21-8-18(19)4-5-18/h6,9H,4-5,7-8H2,1-3H3,(H,21,27). The van der Waals surface area contributed by atoms with E-state index < -0.39 is 11.6 Å². The van der Waals surface area contributed by atoms with Gasteiger partial charge >= 0.3 is 0 Å². The molecule has 10 nitrogen and oxygen atoms in total. The van der Waals surface area contributed by atoms with Crippen LogP contribution in [-0.4, -0.2) is 62.1 Å². The van der Waals surface area contributed by atoms with E-state index in [1.165, 1.54) is 31.4 Å². The van der Waals surface area contributed by atoms with E-state index in [9.17, 15) is 9.18 Å². The van der Waals surface area contributed by atoms with Gasteiger partial charge in [0.1, 0.15) is 17.5 Å². The minimum Gasteiger partial charge on any atom is -0.481 e. The number of hydrogen-bond donors (Lipinski definition) is 1. The van der Waals surface area contributed by atoms with Gasteiger partial charge in [0, 0.05) is 5.56 Å². The van der Waals surface area contributed by atoms with Gasteiger partial charge in [-0.2, -0.15) is 10.1 Å². The molecule has 0 spiro atoms. The van der Waals surface area contributed by atoms with Crippen molar-refractivity contribution in [2.45, 2.75) is 32.0 Å². The summed E-state index contributed by atoms with van der Waals surface area (Å²) in [4.78, 5) is 29.6. The number of carbonyl (C=O) groups is 1. The van der Waals surface area contributed by atoms with Gasteiger partial charge in [0.05, 0.1) is 39.2 Å². The molecule has 152 valence electrons. The summed E-state index contributed by atoms with van der Waals surface area (Å²) in [6.07, 6.45) is 3.70. The molecule has 1 amide bonds. The molecule has 3 aromatic rings. The van der Waals surface area contributed by atoms with Crippen LogP contribution in [0.2, 0.25) is 0 Å². The second kappa shape index (κ2) is 7.22. The molecule has 1 aliphatic rings. The summed E-state index contributed by atoms with van der Waals surface area (Å²) in [6, 6.07) is 0. The van der Waals surface area contributed by atoms with Crippen LogP contribution in [0.5, 0.6) is 11.8 Å². The number of halogens is 1. The lowest BCUT2D eigenvalue weighted by atomic mass is 10.2. The van der Waals surface area contributed by atoms with Crippen molar-refractivity contribution in [1.82, 2.24) is 35.0 Å². The van der Waals surface area contributed by atoms with Crippen molar-refractivity contribution in [1.29, 1.82) is 0 Å². The summed E-state index contributed by atoms with van der Waals surface area (Å²) < 4.78 is 25.8. The number of fused-ring (bicyclic) bond motifs is 1. The molecular formula is C18H20FN7O3. The maximum absolute atomic E-state index is 13.9. The highest BCUT2D eigenvalue weighted by molar-refractivity contribution is 6.02. The largest absolute Gasteiger partial charge is 0.481 e. The van der Waals surface area contributed by atoms with Gasteiger partial charge in [0.2, 0.25) is 11.8 Å². The number of amides is 1. The van der Waals surface area contributed by atoms with Crippen LogP contribution in [-0.2, 0) is 6.54 Å². The summed E-state index contributed by atoms with van der Waals surface area (Å²) in [5.41, 5.74) is 0.807. The molecule has 0 unspecified atom stereocenters. The second-order valence-corrected chi connectivity index (χ2v) is 6.88. The molecule has 11 heteroatoms. The zero-order valence-electron chi connectivity index (χ0n) is 16.3. The second-order valence-electron chi connectivity index (χ2n) is 6.88. The Balaban J connectivity index is 1.72. The molecule has 0 atom stereocenters. The van der Waals surface area contributed by atoms with E-state index >= 15 is 0 Å².